The fraction of sp³-hybridized carbons (Fsp3) is 0.148. The molecule has 0 spiro atoms. The maximum atomic E-state index is 13.3. The highest BCUT2D eigenvalue weighted by molar-refractivity contribution is 6.31. The summed E-state index contributed by atoms with van der Waals surface area (Å²) in [6.45, 7) is 4.93. The third-order valence-electron chi connectivity index (χ3n) is 5.88. The van der Waals surface area contributed by atoms with Gasteiger partial charge in [0.2, 0.25) is 5.78 Å². The van der Waals surface area contributed by atoms with Crippen molar-refractivity contribution in [2.75, 3.05) is 0 Å². The number of ether oxygens (including phenoxy) is 2. The van der Waals surface area contributed by atoms with Crippen molar-refractivity contribution in [2.45, 2.75) is 27.0 Å². The van der Waals surface area contributed by atoms with Gasteiger partial charge in [0.15, 0.2) is 5.76 Å². The minimum absolute atomic E-state index is 0.158. The number of hydrogen-bond donors (Lipinski definition) is 0. The van der Waals surface area contributed by atoms with Gasteiger partial charge < -0.3 is 14.0 Å². The molecule has 4 aromatic rings. The van der Waals surface area contributed by atoms with E-state index in [0.29, 0.717) is 27.6 Å². The third kappa shape index (κ3) is 3.79. The number of para-hydroxylation sites is 1. The minimum atomic E-state index is -0.397. The van der Waals surface area contributed by atoms with Crippen LogP contribution in [-0.4, -0.2) is 10.4 Å². The van der Waals surface area contributed by atoms with Crippen LogP contribution in [0, 0.1) is 12.7 Å². The molecular formula is C27H21ClFNO3. The van der Waals surface area contributed by atoms with Gasteiger partial charge in [-0.25, -0.2) is 4.39 Å². The van der Waals surface area contributed by atoms with Crippen molar-refractivity contribution in [3.05, 3.63) is 99.6 Å². The Morgan fingerprint density at radius 2 is 1.97 bits per heavy atom. The van der Waals surface area contributed by atoms with Gasteiger partial charge in [0.1, 0.15) is 23.9 Å². The normalized spacial score (nSPS) is 14.1. The maximum absolute atomic E-state index is 13.3. The van der Waals surface area contributed by atoms with Gasteiger partial charge in [0.25, 0.3) is 0 Å². The Morgan fingerprint density at radius 1 is 1.15 bits per heavy atom. The number of ketones is 1. The van der Waals surface area contributed by atoms with Crippen LogP contribution in [0.1, 0.15) is 34.0 Å². The predicted octanol–water partition coefficient (Wildman–Crippen LogP) is 6.96. The Bertz CT molecular complexity index is 1440. The van der Waals surface area contributed by atoms with Gasteiger partial charge >= 0.3 is 0 Å². The highest BCUT2D eigenvalue weighted by Crippen LogP contribution is 2.40. The second-order valence-electron chi connectivity index (χ2n) is 7.92. The molecule has 0 radical (unpaired) electrons. The number of carbonyl (C=O) groups excluding carboxylic acids is 1. The number of aryl methyl sites for hydroxylation is 1. The fourth-order valence-corrected chi connectivity index (χ4v) is 4.33. The molecule has 166 valence electrons. The summed E-state index contributed by atoms with van der Waals surface area (Å²) >= 11 is 6.10. The van der Waals surface area contributed by atoms with Crippen LogP contribution in [0.5, 0.6) is 11.5 Å². The first-order chi connectivity index (χ1) is 16.0. The molecule has 0 bridgehead atoms. The van der Waals surface area contributed by atoms with E-state index < -0.39 is 5.82 Å². The molecule has 0 fully saturated rings. The largest absolute Gasteiger partial charge is 0.488 e. The molecule has 0 atom stereocenters. The number of halogens is 2. The van der Waals surface area contributed by atoms with Gasteiger partial charge in [0.05, 0.1) is 10.6 Å². The maximum Gasteiger partial charge on any atom is 0.231 e. The topological polar surface area (TPSA) is 40.5 Å². The van der Waals surface area contributed by atoms with E-state index in [4.69, 9.17) is 21.1 Å². The molecule has 0 unspecified atom stereocenters. The van der Waals surface area contributed by atoms with Crippen molar-refractivity contribution in [3.63, 3.8) is 0 Å². The first-order valence-electron chi connectivity index (χ1n) is 10.7. The van der Waals surface area contributed by atoms with Gasteiger partial charge in [-0.1, -0.05) is 35.9 Å². The lowest BCUT2D eigenvalue weighted by molar-refractivity contribution is 0.101. The first kappa shape index (κ1) is 21.3. The minimum Gasteiger partial charge on any atom is -0.488 e. The summed E-state index contributed by atoms with van der Waals surface area (Å²) in [5.41, 5.74) is 3.94. The number of Topliss-reactive ketones (excluding diaryl/α,β-unsaturated/α-hetero) is 1. The van der Waals surface area contributed by atoms with Crippen LogP contribution in [0.15, 0.2) is 66.6 Å². The van der Waals surface area contributed by atoms with Crippen molar-refractivity contribution >= 4 is 34.4 Å². The van der Waals surface area contributed by atoms with E-state index in [-0.39, 0.29) is 18.1 Å². The van der Waals surface area contributed by atoms with Gasteiger partial charge in [-0.05, 0) is 50.3 Å². The van der Waals surface area contributed by atoms with E-state index >= 15 is 0 Å². The highest BCUT2D eigenvalue weighted by atomic mass is 35.5. The number of aromatic nitrogens is 1. The van der Waals surface area contributed by atoms with Crippen LogP contribution in [0.2, 0.25) is 5.02 Å². The molecule has 0 amide bonds. The van der Waals surface area contributed by atoms with Gasteiger partial charge in [-0.15, -0.1) is 0 Å². The van der Waals surface area contributed by atoms with Crippen LogP contribution >= 0.6 is 11.6 Å². The van der Waals surface area contributed by atoms with Gasteiger partial charge in [-0.3, -0.25) is 4.79 Å². The third-order valence-corrected chi connectivity index (χ3v) is 6.23. The summed E-state index contributed by atoms with van der Waals surface area (Å²) < 4.78 is 27.4. The summed E-state index contributed by atoms with van der Waals surface area (Å²) in [5.74, 6) is 0.796. The summed E-state index contributed by atoms with van der Waals surface area (Å²) in [6.07, 6.45) is 3.83. The Kier molecular flexibility index (Phi) is 5.43. The summed E-state index contributed by atoms with van der Waals surface area (Å²) in [5, 5.41) is 1.37. The van der Waals surface area contributed by atoms with E-state index in [9.17, 15) is 9.18 Å². The molecule has 1 aliphatic rings. The van der Waals surface area contributed by atoms with Gasteiger partial charge in [0, 0.05) is 40.3 Å². The zero-order valence-corrected chi connectivity index (χ0v) is 18.9. The molecule has 0 saturated carbocycles. The molecule has 0 saturated heterocycles. The molecule has 2 heterocycles. The van der Waals surface area contributed by atoms with Crippen molar-refractivity contribution < 1.29 is 18.7 Å². The van der Waals surface area contributed by atoms with Crippen LogP contribution in [0.4, 0.5) is 4.39 Å². The number of rotatable bonds is 5. The standard InChI is InChI=1S/C27H21ClFNO3/c1-3-30-14-18(20-6-4-5-7-23(20)30)12-25-26(31)21-10-11-24(16(2)27(21)33-25)32-15-17-8-9-19(29)13-22(17)28/h4-14H,3,15H2,1-2H3/b25-12+. The smallest absolute Gasteiger partial charge is 0.231 e. The molecule has 4 nitrogen and oxygen atoms in total. The van der Waals surface area contributed by atoms with E-state index in [2.05, 4.69) is 17.6 Å². The number of benzene rings is 3. The van der Waals surface area contributed by atoms with Crippen LogP contribution < -0.4 is 9.47 Å². The Balaban J connectivity index is 1.44. The quantitative estimate of drug-likeness (QED) is 0.302. The molecule has 0 aliphatic carbocycles. The summed E-state index contributed by atoms with van der Waals surface area (Å²) in [4.78, 5) is 13.0. The Morgan fingerprint density at radius 3 is 2.76 bits per heavy atom. The van der Waals surface area contributed by atoms with Crippen molar-refractivity contribution in [1.82, 2.24) is 4.57 Å². The van der Waals surface area contributed by atoms with Crippen molar-refractivity contribution in [3.8, 4) is 11.5 Å². The fourth-order valence-electron chi connectivity index (χ4n) is 4.11. The number of allylic oxidation sites excluding steroid dienone is 1. The SMILES string of the molecule is CCn1cc(/C=C2/Oc3c(ccc(OCc4ccc(F)cc4Cl)c3C)C2=O)c2ccccc21. The van der Waals surface area contributed by atoms with Crippen LogP contribution in [0.25, 0.3) is 17.0 Å². The predicted molar refractivity (Wildman–Crippen MR) is 127 cm³/mol. The monoisotopic (exact) mass is 461 g/mol. The highest BCUT2D eigenvalue weighted by Gasteiger charge is 2.30. The molecular weight excluding hydrogens is 441 g/mol. The molecule has 0 N–H and O–H groups in total. The molecule has 33 heavy (non-hydrogen) atoms. The van der Waals surface area contributed by atoms with Crippen molar-refractivity contribution in [2.24, 2.45) is 0 Å². The molecule has 1 aromatic heterocycles. The Hall–Kier alpha value is -3.57. The lowest BCUT2D eigenvalue weighted by Gasteiger charge is -2.12. The molecule has 5 rings (SSSR count). The number of hydrogen-bond acceptors (Lipinski definition) is 3. The van der Waals surface area contributed by atoms with Gasteiger partial charge in [-0.2, -0.15) is 0 Å². The second kappa shape index (κ2) is 8.41. The van der Waals surface area contributed by atoms with E-state index in [1.54, 1.807) is 24.3 Å². The molecule has 3 aromatic carbocycles. The summed E-state index contributed by atoms with van der Waals surface area (Å²) in [6, 6.07) is 15.7. The summed E-state index contributed by atoms with van der Waals surface area (Å²) in [7, 11) is 0. The van der Waals surface area contributed by atoms with Crippen molar-refractivity contribution in [1.29, 1.82) is 0 Å². The lowest BCUT2D eigenvalue weighted by atomic mass is 10.1. The second-order valence-corrected chi connectivity index (χ2v) is 8.32. The van der Waals surface area contributed by atoms with E-state index in [0.717, 1.165) is 28.6 Å². The Labute approximate surface area is 195 Å². The zero-order valence-electron chi connectivity index (χ0n) is 18.2. The number of carbonyl (C=O) groups is 1. The lowest BCUT2D eigenvalue weighted by Crippen LogP contribution is -1.99. The average Bonchev–Trinajstić information content (AvgIpc) is 3.33. The zero-order chi connectivity index (χ0) is 23.1. The molecule has 6 heteroatoms. The number of nitrogens with zero attached hydrogens (tertiary/aromatic N) is 1. The van der Waals surface area contributed by atoms with Crippen LogP contribution in [-0.2, 0) is 13.2 Å². The van der Waals surface area contributed by atoms with E-state index in [1.807, 2.05) is 31.3 Å². The number of fused-ring (bicyclic) bond motifs is 2. The van der Waals surface area contributed by atoms with E-state index in [1.165, 1.54) is 12.1 Å². The molecule has 1 aliphatic heterocycles. The average molecular weight is 462 g/mol. The first-order valence-corrected chi connectivity index (χ1v) is 11.1. The van der Waals surface area contributed by atoms with Crippen LogP contribution in [0.3, 0.4) is 0 Å².